The van der Waals surface area contributed by atoms with Gasteiger partial charge in [0.15, 0.2) is 0 Å². The molecule has 0 amide bonds. The molecule has 0 atom stereocenters. The average molecular weight is 198 g/mol. The molecule has 82 valence electrons. The molecule has 0 heterocycles. The highest BCUT2D eigenvalue weighted by molar-refractivity contribution is 4.98. The Morgan fingerprint density at radius 1 is 0.643 bits per heavy atom. The molecule has 0 bridgehead atoms. The van der Waals surface area contributed by atoms with E-state index in [1.165, 1.54) is 0 Å². The third-order valence-corrected chi connectivity index (χ3v) is 1.94. The van der Waals surface area contributed by atoms with Gasteiger partial charge in [0, 0.05) is 0 Å². The van der Waals surface area contributed by atoms with Gasteiger partial charge in [-0.2, -0.15) is 0 Å². The summed E-state index contributed by atoms with van der Waals surface area (Å²) in [4.78, 5) is 0. The van der Waals surface area contributed by atoms with E-state index in [-0.39, 0.29) is 0 Å². The minimum Gasteiger partial charge on any atom is -0.330 e. The normalized spacial score (nSPS) is 12.1. The van der Waals surface area contributed by atoms with E-state index in [2.05, 4.69) is 54.1 Å². The minimum atomic E-state index is 1.00. The fourth-order valence-corrected chi connectivity index (χ4v) is 0.959. The first kappa shape index (κ1) is 13.5. The SMILES string of the molecule is C[N+](C)(C)CCC#CCC[N+](C)(C)C. The third-order valence-electron chi connectivity index (χ3n) is 1.94. The van der Waals surface area contributed by atoms with Gasteiger partial charge in [-0.15, -0.1) is 0 Å². The molecule has 0 aromatic carbocycles. The van der Waals surface area contributed by atoms with Gasteiger partial charge in [-0.05, 0) is 0 Å². The standard InChI is InChI=1S/C12H26N2/c1-13(2,3)11-9-7-8-10-12-14(4,5)6/h9-12H2,1-6H3/q+2. The van der Waals surface area contributed by atoms with Crippen LogP contribution in [0.4, 0.5) is 0 Å². The van der Waals surface area contributed by atoms with Crippen LogP contribution in [0.1, 0.15) is 12.8 Å². The van der Waals surface area contributed by atoms with Crippen LogP contribution in [-0.4, -0.2) is 64.3 Å². The van der Waals surface area contributed by atoms with Gasteiger partial charge in [0.2, 0.25) is 0 Å². The monoisotopic (exact) mass is 198 g/mol. The number of quaternary nitrogens is 2. The van der Waals surface area contributed by atoms with Gasteiger partial charge in [0.1, 0.15) is 0 Å². The molecular formula is C12H26N2+2. The summed E-state index contributed by atoms with van der Waals surface area (Å²) in [6.07, 6.45) is 2.03. The minimum absolute atomic E-state index is 1.00. The highest BCUT2D eigenvalue weighted by Gasteiger charge is 2.04. The van der Waals surface area contributed by atoms with E-state index in [0.29, 0.717) is 0 Å². The highest BCUT2D eigenvalue weighted by Crippen LogP contribution is 1.94. The van der Waals surface area contributed by atoms with Crippen molar-refractivity contribution in [1.82, 2.24) is 0 Å². The summed E-state index contributed by atoms with van der Waals surface area (Å²) in [5, 5.41) is 0. The zero-order valence-electron chi connectivity index (χ0n) is 10.7. The van der Waals surface area contributed by atoms with Crippen LogP contribution in [-0.2, 0) is 0 Å². The molecule has 0 aliphatic rings. The Hall–Kier alpha value is -0.520. The molecule has 2 heteroatoms. The van der Waals surface area contributed by atoms with Crippen molar-refractivity contribution in [2.45, 2.75) is 12.8 Å². The molecule has 0 aliphatic heterocycles. The van der Waals surface area contributed by atoms with Crippen LogP contribution in [0, 0.1) is 11.8 Å². The molecule has 0 rings (SSSR count). The van der Waals surface area contributed by atoms with Crippen molar-refractivity contribution in [3.05, 3.63) is 0 Å². The molecule has 2 nitrogen and oxygen atoms in total. The Morgan fingerprint density at radius 3 is 1.14 bits per heavy atom. The zero-order valence-corrected chi connectivity index (χ0v) is 10.7. The van der Waals surface area contributed by atoms with E-state index in [4.69, 9.17) is 0 Å². The fourth-order valence-electron chi connectivity index (χ4n) is 0.959. The molecule has 0 spiro atoms. The van der Waals surface area contributed by atoms with Crippen LogP contribution in [0.25, 0.3) is 0 Å². The van der Waals surface area contributed by atoms with E-state index >= 15 is 0 Å². The second kappa shape index (κ2) is 5.38. The van der Waals surface area contributed by atoms with Crippen molar-refractivity contribution in [3.63, 3.8) is 0 Å². The largest absolute Gasteiger partial charge is 0.330 e. The topological polar surface area (TPSA) is 0 Å². The molecule has 0 radical (unpaired) electrons. The van der Waals surface area contributed by atoms with E-state index in [1.807, 2.05) is 0 Å². The first-order chi connectivity index (χ1) is 6.21. The van der Waals surface area contributed by atoms with Crippen molar-refractivity contribution in [2.75, 3.05) is 55.4 Å². The van der Waals surface area contributed by atoms with E-state index in [1.54, 1.807) is 0 Å². The molecule has 14 heavy (non-hydrogen) atoms. The van der Waals surface area contributed by atoms with E-state index in [0.717, 1.165) is 34.9 Å². The Morgan fingerprint density at radius 2 is 0.929 bits per heavy atom. The first-order valence-corrected chi connectivity index (χ1v) is 5.27. The van der Waals surface area contributed by atoms with Gasteiger partial charge in [0.05, 0.1) is 68.2 Å². The maximum atomic E-state index is 3.24. The van der Waals surface area contributed by atoms with Crippen LogP contribution < -0.4 is 0 Å². The number of rotatable bonds is 4. The Bertz CT molecular complexity index is 185. The second-order valence-electron chi connectivity index (χ2n) is 5.88. The van der Waals surface area contributed by atoms with Crippen molar-refractivity contribution >= 4 is 0 Å². The summed E-state index contributed by atoms with van der Waals surface area (Å²) in [6, 6.07) is 0. The Labute approximate surface area is 89.7 Å². The van der Waals surface area contributed by atoms with Crippen molar-refractivity contribution in [2.24, 2.45) is 0 Å². The fraction of sp³-hybridized carbons (Fsp3) is 0.833. The lowest BCUT2D eigenvalue weighted by atomic mass is 10.3. The van der Waals surface area contributed by atoms with Crippen molar-refractivity contribution in [1.29, 1.82) is 0 Å². The highest BCUT2D eigenvalue weighted by atomic mass is 15.3. The molecule has 0 saturated heterocycles. The third kappa shape index (κ3) is 11.5. The van der Waals surface area contributed by atoms with Crippen LogP contribution in [0.3, 0.4) is 0 Å². The maximum absolute atomic E-state index is 3.24. The van der Waals surface area contributed by atoms with Crippen LogP contribution in [0.5, 0.6) is 0 Å². The average Bonchev–Trinajstić information content (AvgIpc) is 1.92. The van der Waals surface area contributed by atoms with Gasteiger partial charge in [0.25, 0.3) is 0 Å². The summed E-state index contributed by atoms with van der Waals surface area (Å²) in [5.41, 5.74) is 0. The summed E-state index contributed by atoms with van der Waals surface area (Å²) in [6.45, 7) is 2.27. The van der Waals surface area contributed by atoms with Crippen molar-refractivity contribution < 1.29 is 8.97 Å². The second-order valence-corrected chi connectivity index (χ2v) is 5.88. The summed E-state index contributed by atoms with van der Waals surface area (Å²) < 4.78 is 2.01. The smallest absolute Gasteiger partial charge is 0.0891 e. The predicted molar refractivity (Wildman–Crippen MR) is 62.8 cm³/mol. The number of nitrogens with zero attached hydrogens (tertiary/aromatic N) is 2. The van der Waals surface area contributed by atoms with E-state index in [9.17, 15) is 0 Å². The molecule has 0 N–H and O–H groups in total. The van der Waals surface area contributed by atoms with Gasteiger partial charge < -0.3 is 8.97 Å². The molecule has 0 saturated carbocycles. The lowest BCUT2D eigenvalue weighted by molar-refractivity contribution is -0.869. The summed E-state index contributed by atoms with van der Waals surface area (Å²) in [5.74, 6) is 6.48. The lowest BCUT2D eigenvalue weighted by Gasteiger charge is -2.22. The zero-order chi connectivity index (χ0) is 11.2. The summed E-state index contributed by atoms with van der Waals surface area (Å²) in [7, 11) is 13.2. The number of hydrogen-bond donors (Lipinski definition) is 0. The molecule has 0 unspecified atom stereocenters. The molecule has 0 aromatic rings. The van der Waals surface area contributed by atoms with Gasteiger partial charge in [-0.25, -0.2) is 0 Å². The van der Waals surface area contributed by atoms with Gasteiger partial charge >= 0.3 is 0 Å². The molecule has 0 aliphatic carbocycles. The lowest BCUT2D eigenvalue weighted by Crippen LogP contribution is -2.35. The van der Waals surface area contributed by atoms with Crippen molar-refractivity contribution in [3.8, 4) is 11.8 Å². The van der Waals surface area contributed by atoms with Crippen LogP contribution in [0.2, 0.25) is 0 Å². The number of hydrogen-bond acceptors (Lipinski definition) is 0. The summed E-state index contributed by atoms with van der Waals surface area (Å²) >= 11 is 0. The predicted octanol–water partition coefficient (Wildman–Crippen LogP) is 1.18. The molecule has 0 aromatic heterocycles. The maximum Gasteiger partial charge on any atom is 0.0891 e. The first-order valence-electron chi connectivity index (χ1n) is 5.27. The Balaban J connectivity index is 3.56. The molecular weight excluding hydrogens is 172 g/mol. The van der Waals surface area contributed by atoms with E-state index < -0.39 is 0 Å². The quantitative estimate of drug-likeness (QED) is 0.470. The van der Waals surface area contributed by atoms with Gasteiger partial charge in [-0.1, -0.05) is 11.8 Å². The van der Waals surface area contributed by atoms with Gasteiger partial charge in [-0.3, -0.25) is 0 Å². The Kier molecular flexibility index (Phi) is 5.18. The van der Waals surface area contributed by atoms with Crippen LogP contribution >= 0.6 is 0 Å². The van der Waals surface area contributed by atoms with Crippen LogP contribution in [0.15, 0.2) is 0 Å². The molecule has 0 fully saturated rings.